The number of amides is 2. The number of carbonyl (C=O) groups is 2. The average Bonchev–Trinajstić information content (AvgIpc) is 2.18. The normalized spacial score (nSPS) is 12.0. The molecule has 0 aromatic rings. The number of nitrogens with two attached hydrogens (primary N) is 2. The lowest BCUT2D eigenvalue weighted by Crippen LogP contribution is -2.59. The Morgan fingerprint density at radius 3 is 1.82 bits per heavy atom. The van der Waals surface area contributed by atoms with E-state index in [1.807, 2.05) is 13.8 Å². The van der Waals surface area contributed by atoms with Crippen molar-refractivity contribution >= 4 is 29.0 Å². The maximum absolute atomic E-state index is 12.2. The number of carbonyl (C=O) groups excluding carboxylic acids is 2. The summed E-state index contributed by atoms with van der Waals surface area (Å²) < 4.78 is 0. The summed E-state index contributed by atoms with van der Waals surface area (Å²) in [6.07, 6.45) is 0.971. The molecule has 0 bridgehead atoms. The van der Waals surface area contributed by atoms with Crippen molar-refractivity contribution in [3.05, 3.63) is 0 Å². The molecule has 5 N–H and O–H groups in total. The zero-order chi connectivity index (χ0) is 13.9. The van der Waals surface area contributed by atoms with E-state index in [0.29, 0.717) is 12.8 Å². The lowest BCUT2D eigenvalue weighted by molar-refractivity contribution is -0.134. The van der Waals surface area contributed by atoms with Crippen LogP contribution in [0.3, 0.4) is 0 Å². The van der Waals surface area contributed by atoms with Gasteiger partial charge in [0.2, 0.25) is 11.8 Å². The molecule has 0 heterocycles. The molecule has 0 rings (SSSR count). The Morgan fingerprint density at radius 2 is 1.59 bits per heavy atom. The summed E-state index contributed by atoms with van der Waals surface area (Å²) in [7, 11) is 0. The van der Waals surface area contributed by atoms with Gasteiger partial charge in [-0.1, -0.05) is 26.1 Å². The van der Waals surface area contributed by atoms with E-state index in [1.54, 1.807) is 13.8 Å². The highest BCUT2D eigenvalue weighted by atomic mass is 32.1. The number of rotatable bonds is 6. The number of primary amides is 1. The Balaban J connectivity index is 5.14. The molecule has 6 heteroatoms. The molecule has 0 aliphatic rings. The van der Waals surface area contributed by atoms with Crippen LogP contribution in [-0.2, 0) is 9.59 Å². The van der Waals surface area contributed by atoms with Crippen molar-refractivity contribution < 1.29 is 9.59 Å². The molecule has 0 aromatic carbocycles. The average molecular weight is 259 g/mol. The number of nitrogens with one attached hydrogen (secondary N) is 1. The van der Waals surface area contributed by atoms with Crippen LogP contribution in [-0.4, -0.2) is 22.3 Å². The molecule has 0 saturated heterocycles. The van der Waals surface area contributed by atoms with Crippen molar-refractivity contribution in [3.63, 3.8) is 0 Å². The minimum absolute atomic E-state index is 0.139. The van der Waals surface area contributed by atoms with Gasteiger partial charge in [-0.05, 0) is 26.7 Å². The molecule has 98 valence electrons. The molecule has 0 aromatic heterocycles. The monoisotopic (exact) mass is 259 g/mol. The lowest BCUT2D eigenvalue weighted by Gasteiger charge is -2.33. The standard InChI is InChI=1S/C11H21N3O2S/c1-5-11(6-2,8(13)17)9(16)14-10(3,4)7(12)15/h5-6H2,1-4H3,(H2,12,15)(H2,13,17)(H,14,16). The summed E-state index contributed by atoms with van der Waals surface area (Å²) in [6.45, 7) is 6.75. The van der Waals surface area contributed by atoms with Crippen LogP contribution in [0.1, 0.15) is 40.5 Å². The van der Waals surface area contributed by atoms with Gasteiger partial charge in [-0.2, -0.15) is 0 Å². The Labute approximate surface area is 107 Å². The minimum atomic E-state index is -1.11. The van der Waals surface area contributed by atoms with Gasteiger partial charge in [0.15, 0.2) is 0 Å². The number of hydrogen-bond donors (Lipinski definition) is 3. The maximum atomic E-state index is 12.2. The molecule has 0 atom stereocenters. The highest BCUT2D eigenvalue weighted by molar-refractivity contribution is 7.80. The van der Waals surface area contributed by atoms with Crippen LogP contribution in [0.25, 0.3) is 0 Å². The summed E-state index contributed by atoms with van der Waals surface area (Å²) in [5, 5.41) is 2.60. The first-order chi connectivity index (χ1) is 7.64. The molecule has 0 unspecified atom stereocenters. The molecule has 0 spiro atoms. The molecular formula is C11H21N3O2S. The topological polar surface area (TPSA) is 98.2 Å². The first-order valence-electron chi connectivity index (χ1n) is 5.56. The van der Waals surface area contributed by atoms with E-state index >= 15 is 0 Å². The van der Waals surface area contributed by atoms with Crippen LogP contribution in [0.2, 0.25) is 0 Å². The maximum Gasteiger partial charge on any atom is 0.242 e. The van der Waals surface area contributed by atoms with Crippen molar-refractivity contribution in [3.8, 4) is 0 Å². The van der Waals surface area contributed by atoms with Gasteiger partial charge in [-0.15, -0.1) is 0 Å². The first kappa shape index (κ1) is 15.8. The molecule has 0 fully saturated rings. The zero-order valence-corrected chi connectivity index (χ0v) is 11.6. The fraction of sp³-hybridized carbons (Fsp3) is 0.727. The number of hydrogen-bond acceptors (Lipinski definition) is 3. The smallest absolute Gasteiger partial charge is 0.242 e. The molecule has 17 heavy (non-hydrogen) atoms. The summed E-state index contributed by atoms with van der Waals surface area (Å²) >= 11 is 4.96. The second kappa shape index (κ2) is 5.44. The van der Waals surface area contributed by atoms with Crippen LogP contribution < -0.4 is 16.8 Å². The Bertz CT molecular complexity index is 336. The van der Waals surface area contributed by atoms with E-state index in [4.69, 9.17) is 23.7 Å². The molecular weight excluding hydrogens is 238 g/mol. The van der Waals surface area contributed by atoms with E-state index in [0.717, 1.165) is 0 Å². The molecule has 0 saturated carbocycles. The van der Waals surface area contributed by atoms with Crippen molar-refractivity contribution in [1.29, 1.82) is 0 Å². The van der Waals surface area contributed by atoms with Gasteiger partial charge in [-0.25, -0.2) is 0 Å². The van der Waals surface area contributed by atoms with Gasteiger partial charge < -0.3 is 16.8 Å². The summed E-state index contributed by atoms with van der Waals surface area (Å²) in [5.74, 6) is -0.950. The molecule has 5 nitrogen and oxygen atoms in total. The molecule has 2 amide bonds. The van der Waals surface area contributed by atoms with Crippen molar-refractivity contribution in [1.82, 2.24) is 5.32 Å². The highest BCUT2D eigenvalue weighted by Crippen LogP contribution is 2.28. The number of thiocarbonyl (C=S) groups is 1. The van der Waals surface area contributed by atoms with E-state index in [-0.39, 0.29) is 10.9 Å². The zero-order valence-electron chi connectivity index (χ0n) is 10.8. The van der Waals surface area contributed by atoms with Gasteiger partial charge in [0.05, 0.1) is 10.4 Å². The third kappa shape index (κ3) is 3.15. The third-order valence-corrected chi connectivity index (χ3v) is 3.55. The summed E-state index contributed by atoms with van der Waals surface area (Å²) in [6, 6.07) is 0. The summed E-state index contributed by atoms with van der Waals surface area (Å²) in [4.78, 5) is 23.5. The van der Waals surface area contributed by atoms with E-state index in [2.05, 4.69) is 5.32 Å². The largest absolute Gasteiger partial charge is 0.392 e. The SMILES string of the molecule is CCC(CC)(C(=O)NC(C)(C)C(N)=O)C(N)=S. The molecule has 0 radical (unpaired) electrons. The fourth-order valence-corrected chi connectivity index (χ4v) is 1.88. The van der Waals surface area contributed by atoms with E-state index in [1.165, 1.54) is 0 Å². The Hall–Kier alpha value is -1.17. The second-order valence-corrected chi connectivity index (χ2v) is 5.04. The van der Waals surface area contributed by atoms with E-state index in [9.17, 15) is 9.59 Å². The van der Waals surface area contributed by atoms with Crippen molar-refractivity contribution in [2.24, 2.45) is 16.9 Å². The van der Waals surface area contributed by atoms with Gasteiger partial charge >= 0.3 is 0 Å². The van der Waals surface area contributed by atoms with Crippen molar-refractivity contribution in [2.75, 3.05) is 0 Å². The van der Waals surface area contributed by atoms with Gasteiger partial charge in [-0.3, -0.25) is 9.59 Å². The van der Waals surface area contributed by atoms with Crippen molar-refractivity contribution in [2.45, 2.75) is 46.1 Å². The molecule has 0 aliphatic heterocycles. The predicted octanol–water partition coefficient (Wildman–Crippen LogP) is 0.459. The van der Waals surface area contributed by atoms with Gasteiger partial charge in [0, 0.05) is 0 Å². The third-order valence-electron chi connectivity index (χ3n) is 3.16. The van der Waals surface area contributed by atoms with Crippen LogP contribution in [0.4, 0.5) is 0 Å². The van der Waals surface area contributed by atoms with Crippen LogP contribution >= 0.6 is 12.2 Å². The van der Waals surface area contributed by atoms with Crippen LogP contribution in [0.15, 0.2) is 0 Å². The highest BCUT2D eigenvalue weighted by Gasteiger charge is 2.41. The van der Waals surface area contributed by atoms with Crippen LogP contribution in [0, 0.1) is 5.41 Å². The lowest BCUT2D eigenvalue weighted by atomic mass is 9.80. The van der Waals surface area contributed by atoms with E-state index < -0.39 is 16.9 Å². The first-order valence-corrected chi connectivity index (χ1v) is 5.97. The second-order valence-electron chi connectivity index (χ2n) is 4.60. The van der Waals surface area contributed by atoms with Gasteiger partial charge in [0.1, 0.15) is 5.54 Å². The minimum Gasteiger partial charge on any atom is -0.392 e. The predicted molar refractivity (Wildman–Crippen MR) is 71.2 cm³/mol. The van der Waals surface area contributed by atoms with Gasteiger partial charge in [0.25, 0.3) is 0 Å². The Kier molecular flexibility index (Phi) is 5.07. The quantitative estimate of drug-likeness (QED) is 0.603. The fourth-order valence-electron chi connectivity index (χ4n) is 1.50. The summed E-state index contributed by atoms with van der Waals surface area (Å²) in [5.41, 5.74) is 8.82. The van der Waals surface area contributed by atoms with Crippen LogP contribution in [0.5, 0.6) is 0 Å². The molecule has 0 aliphatic carbocycles. The Morgan fingerprint density at radius 1 is 1.18 bits per heavy atom.